The van der Waals surface area contributed by atoms with Gasteiger partial charge in [0.2, 0.25) is 0 Å². The summed E-state index contributed by atoms with van der Waals surface area (Å²) in [6.07, 6.45) is 0. The fraction of sp³-hybridized carbons (Fsp3) is 0.462. The Morgan fingerprint density at radius 2 is 2.24 bits per heavy atom. The number of hydrogen-bond donors (Lipinski definition) is 1. The van der Waals surface area contributed by atoms with E-state index >= 15 is 0 Å². The number of carboxylic acid groups (broad SMARTS) is 1. The Morgan fingerprint density at radius 3 is 2.82 bits per heavy atom. The number of ether oxygens (including phenoxy) is 1. The van der Waals surface area contributed by atoms with Crippen molar-refractivity contribution in [1.82, 2.24) is 4.90 Å². The van der Waals surface area contributed by atoms with Crippen molar-refractivity contribution in [3.05, 3.63) is 35.4 Å². The number of carbonyl (C=O) groups is 1. The highest BCUT2D eigenvalue weighted by molar-refractivity contribution is 5.69. The summed E-state index contributed by atoms with van der Waals surface area (Å²) >= 11 is 0. The van der Waals surface area contributed by atoms with Crippen LogP contribution >= 0.6 is 0 Å². The second-order valence-electron chi connectivity index (χ2n) is 4.09. The lowest BCUT2D eigenvalue weighted by Crippen LogP contribution is -2.32. The fourth-order valence-electron chi connectivity index (χ4n) is 1.69. The minimum absolute atomic E-state index is 0.0390. The lowest BCUT2D eigenvalue weighted by atomic mass is 10.1. The van der Waals surface area contributed by atoms with Crippen molar-refractivity contribution >= 4 is 5.97 Å². The maximum Gasteiger partial charge on any atom is 0.317 e. The van der Waals surface area contributed by atoms with Crippen LogP contribution in [0.25, 0.3) is 0 Å². The van der Waals surface area contributed by atoms with Gasteiger partial charge in [0.25, 0.3) is 0 Å². The SMILES string of the molecule is COCCN(CC(=O)O)Cc1cccc(C)c1. The number of rotatable bonds is 7. The Bertz CT molecular complexity index is 365. The van der Waals surface area contributed by atoms with Crippen LogP contribution in [0.1, 0.15) is 11.1 Å². The Labute approximate surface area is 102 Å². The highest BCUT2D eigenvalue weighted by Gasteiger charge is 2.09. The van der Waals surface area contributed by atoms with Crippen LogP contribution < -0.4 is 0 Å². The average Bonchev–Trinajstić information content (AvgIpc) is 2.25. The first kappa shape index (κ1) is 13.7. The molecule has 0 radical (unpaired) electrons. The van der Waals surface area contributed by atoms with Crippen molar-refractivity contribution in [2.45, 2.75) is 13.5 Å². The summed E-state index contributed by atoms with van der Waals surface area (Å²) in [5.41, 5.74) is 2.31. The van der Waals surface area contributed by atoms with E-state index in [2.05, 4.69) is 6.07 Å². The molecule has 4 nitrogen and oxygen atoms in total. The third-order valence-electron chi connectivity index (χ3n) is 2.46. The van der Waals surface area contributed by atoms with E-state index in [1.165, 1.54) is 5.56 Å². The van der Waals surface area contributed by atoms with E-state index < -0.39 is 5.97 Å². The maximum atomic E-state index is 10.7. The number of nitrogens with zero attached hydrogens (tertiary/aromatic N) is 1. The minimum atomic E-state index is -0.811. The fourth-order valence-corrected chi connectivity index (χ4v) is 1.69. The van der Waals surface area contributed by atoms with Gasteiger partial charge in [-0.15, -0.1) is 0 Å². The van der Waals surface area contributed by atoms with Gasteiger partial charge in [-0.3, -0.25) is 9.69 Å². The largest absolute Gasteiger partial charge is 0.480 e. The zero-order chi connectivity index (χ0) is 12.7. The van der Waals surface area contributed by atoms with Gasteiger partial charge in [-0.1, -0.05) is 29.8 Å². The molecular formula is C13H19NO3. The Balaban J connectivity index is 2.61. The van der Waals surface area contributed by atoms with Crippen LogP contribution in [0.4, 0.5) is 0 Å². The summed E-state index contributed by atoms with van der Waals surface area (Å²) in [5.74, 6) is -0.811. The molecule has 0 saturated heterocycles. The summed E-state index contributed by atoms with van der Waals surface area (Å²) in [4.78, 5) is 12.6. The smallest absolute Gasteiger partial charge is 0.317 e. The molecule has 4 heteroatoms. The molecule has 0 heterocycles. The van der Waals surface area contributed by atoms with Crippen LogP contribution in [0.2, 0.25) is 0 Å². The molecule has 1 aromatic carbocycles. The van der Waals surface area contributed by atoms with Crippen LogP contribution in [0.3, 0.4) is 0 Å². The molecule has 1 N–H and O–H groups in total. The van der Waals surface area contributed by atoms with Crippen LogP contribution in [0.15, 0.2) is 24.3 Å². The number of aliphatic carboxylic acids is 1. The number of methoxy groups -OCH3 is 1. The van der Waals surface area contributed by atoms with Gasteiger partial charge < -0.3 is 9.84 Å². The average molecular weight is 237 g/mol. The van der Waals surface area contributed by atoms with E-state index in [9.17, 15) is 4.79 Å². The molecule has 0 atom stereocenters. The van der Waals surface area contributed by atoms with E-state index in [0.717, 1.165) is 5.56 Å². The molecule has 1 rings (SSSR count). The van der Waals surface area contributed by atoms with Gasteiger partial charge in [-0.2, -0.15) is 0 Å². The molecule has 0 aliphatic carbocycles. The third-order valence-corrected chi connectivity index (χ3v) is 2.46. The van der Waals surface area contributed by atoms with Crippen molar-refractivity contribution in [2.75, 3.05) is 26.8 Å². The molecule has 0 fully saturated rings. The van der Waals surface area contributed by atoms with Gasteiger partial charge in [0, 0.05) is 20.2 Å². The number of aryl methyl sites for hydroxylation is 1. The number of hydrogen-bond acceptors (Lipinski definition) is 3. The Morgan fingerprint density at radius 1 is 1.47 bits per heavy atom. The standard InChI is InChI=1S/C13H19NO3/c1-11-4-3-5-12(8-11)9-14(6-7-17-2)10-13(15)16/h3-5,8H,6-7,9-10H2,1-2H3,(H,15,16). The topological polar surface area (TPSA) is 49.8 Å². The molecular weight excluding hydrogens is 218 g/mol. The lowest BCUT2D eigenvalue weighted by Gasteiger charge is -2.20. The zero-order valence-corrected chi connectivity index (χ0v) is 10.3. The first-order valence-corrected chi connectivity index (χ1v) is 5.60. The van der Waals surface area contributed by atoms with Gasteiger partial charge in [-0.05, 0) is 12.5 Å². The summed E-state index contributed by atoms with van der Waals surface area (Å²) in [5, 5.41) is 8.83. The van der Waals surface area contributed by atoms with Crippen molar-refractivity contribution in [3.63, 3.8) is 0 Å². The molecule has 0 saturated carbocycles. The van der Waals surface area contributed by atoms with Gasteiger partial charge in [-0.25, -0.2) is 0 Å². The van der Waals surface area contributed by atoms with Crippen molar-refractivity contribution < 1.29 is 14.6 Å². The van der Waals surface area contributed by atoms with Crippen molar-refractivity contribution in [1.29, 1.82) is 0 Å². The second-order valence-corrected chi connectivity index (χ2v) is 4.09. The van der Waals surface area contributed by atoms with Gasteiger partial charge in [0.15, 0.2) is 0 Å². The van der Waals surface area contributed by atoms with Gasteiger partial charge in [0.05, 0.1) is 13.2 Å². The van der Waals surface area contributed by atoms with E-state index in [-0.39, 0.29) is 6.54 Å². The highest BCUT2D eigenvalue weighted by atomic mass is 16.5. The molecule has 0 aliphatic heterocycles. The second kappa shape index (κ2) is 7.04. The Kier molecular flexibility index (Phi) is 5.66. The summed E-state index contributed by atoms with van der Waals surface area (Å²) in [6.45, 7) is 3.87. The monoisotopic (exact) mass is 237 g/mol. The molecule has 17 heavy (non-hydrogen) atoms. The minimum Gasteiger partial charge on any atom is -0.480 e. The summed E-state index contributed by atoms with van der Waals surface area (Å²) in [7, 11) is 1.62. The van der Waals surface area contributed by atoms with E-state index in [4.69, 9.17) is 9.84 Å². The van der Waals surface area contributed by atoms with Crippen LogP contribution in [-0.4, -0.2) is 42.8 Å². The predicted octanol–water partition coefficient (Wildman–Crippen LogP) is 1.53. The molecule has 0 spiro atoms. The van der Waals surface area contributed by atoms with Crippen LogP contribution in [0, 0.1) is 6.92 Å². The molecule has 1 aromatic rings. The molecule has 0 amide bonds. The van der Waals surface area contributed by atoms with Crippen LogP contribution in [-0.2, 0) is 16.1 Å². The quantitative estimate of drug-likeness (QED) is 0.781. The summed E-state index contributed by atoms with van der Waals surface area (Å²) in [6, 6.07) is 8.09. The van der Waals surface area contributed by atoms with Crippen LogP contribution in [0.5, 0.6) is 0 Å². The van der Waals surface area contributed by atoms with E-state index in [1.54, 1.807) is 7.11 Å². The summed E-state index contributed by atoms with van der Waals surface area (Å²) < 4.78 is 4.98. The predicted molar refractivity (Wildman–Crippen MR) is 66.0 cm³/mol. The van der Waals surface area contributed by atoms with Crippen molar-refractivity contribution in [2.24, 2.45) is 0 Å². The first-order valence-electron chi connectivity index (χ1n) is 5.60. The third kappa shape index (κ3) is 5.47. The van der Waals surface area contributed by atoms with E-state index in [0.29, 0.717) is 19.7 Å². The molecule has 94 valence electrons. The first-order chi connectivity index (χ1) is 8.11. The molecule has 0 bridgehead atoms. The van der Waals surface area contributed by atoms with Gasteiger partial charge in [0.1, 0.15) is 0 Å². The van der Waals surface area contributed by atoms with E-state index in [1.807, 2.05) is 30.0 Å². The molecule has 0 unspecified atom stereocenters. The zero-order valence-electron chi connectivity index (χ0n) is 10.3. The highest BCUT2D eigenvalue weighted by Crippen LogP contribution is 2.07. The molecule has 0 aliphatic rings. The number of benzene rings is 1. The van der Waals surface area contributed by atoms with Gasteiger partial charge >= 0.3 is 5.97 Å². The lowest BCUT2D eigenvalue weighted by molar-refractivity contribution is -0.138. The Hall–Kier alpha value is -1.39. The molecule has 0 aromatic heterocycles. The van der Waals surface area contributed by atoms with Crippen molar-refractivity contribution in [3.8, 4) is 0 Å². The number of carboxylic acids is 1. The normalized spacial score (nSPS) is 10.8. The maximum absolute atomic E-state index is 10.7.